The monoisotopic (exact) mass is 296 g/mol. The van der Waals surface area contributed by atoms with Crippen molar-refractivity contribution < 1.29 is 19.2 Å². The third kappa shape index (κ3) is 3.90. The minimum atomic E-state index is -1.02. The van der Waals surface area contributed by atoms with Gasteiger partial charge in [-0.25, -0.2) is 9.18 Å². The summed E-state index contributed by atoms with van der Waals surface area (Å²) in [4.78, 5) is 21.4. The quantitative estimate of drug-likeness (QED) is 0.643. The van der Waals surface area contributed by atoms with Crippen LogP contribution in [-0.2, 0) is 4.79 Å². The van der Waals surface area contributed by atoms with Crippen LogP contribution in [-0.4, -0.2) is 22.0 Å². The molecule has 114 valence electrons. The fourth-order valence-electron chi connectivity index (χ4n) is 2.79. The van der Waals surface area contributed by atoms with E-state index in [1.165, 1.54) is 0 Å². The van der Waals surface area contributed by atoms with E-state index < -0.39 is 28.4 Å². The van der Waals surface area contributed by atoms with Crippen molar-refractivity contribution in [3.8, 4) is 0 Å². The molecule has 21 heavy (non-hydrogen) atoms. The van der Waals surface area contributed by atoms with Crippen LogP contribution in [0.15, 0.2) is 18.2 Å². The molecule has 0 radical (unpaired) electrons. The first kappa shape index (κ1) is 15.2. The van der Waals surface area contributed by atoms with Gasteiger partial charge in [-0.1, -0.05) is 19.3 Å². The fraction of sp³-hybridized carbons (Fsp3) is 0.500. The first-order valence-electron chi connectivity index (χ1n) is 6.91. The molecular weight excluding hydrogens is 279 g/mol. The summed E-state index contributed by atoms with van der Waals surface area (Å²) in [5, 5.41) is 22.8. The number of nitro groups is 1. The number of non-ortho nitro benzene ring substituents is 1. The number of carboxylic acids is 1. The molecule has 0 bridgehead atoms. The second-order valence-corrected chi connectivity index (χ2v) is 5.31. The number of hydrogen-bond acceptors (Lipinski definition) is 4. The number of carbonyl (C=O) groups is 1. The van der Waals surface area contributed by atoms with Crippen LogP contribution in [0.25, 0.3) is 0 Å². The van der Waals surface area contributed by atoms with Gasteiger partial charge in [-0.05, 0) is 24.8 Å². The zero-order chi connectivity index (χ0) is 15.4. The normalized spacial score (nSPS) is 17.2. The van der Waals surface area contributed by atoms with Gasteiger partial charge in [-0.2, -0.15) is 0 Å². The van der Waals surface area contributed by atoms with Gasteiger partial charge in [0.25, 0.3) is 5.69 Å². The Morgan fingerprint density at radius 1 is 1.33 bits per heavy atom. The first-order chi connectivity index (χ1) is 9.97. The summed E-state index contributed by atoms with van der Waals surface area (Å²) < 4.78 is 13.4. The maximum Gasteiger partial charge on any atom is 0.326 e. The summed E-state index contributed by atoms with van der Waals surface area (Å²) in [5.74, 6) is -1.83. The maximum atomic E-state index is 13.4. The minimum Gasteiger partial charge on any atom is -0.480 e. The number of anilines is 1. The lowest BCUT2D eigenvalue weighted by molar-refractivity contribution is -0.385. The molecule has 1 aliphatic carbocycles. The highest BCUT2D eigenvalue weighted by atomic mass is 19.1. The Hall–Kier alpha value is -2.18. The molecule has 1 aromatic carbocycles. The largest absolute Gasteiger partial charge is 0.480 e. The number of rotatable bonds is 5. The number of hydrogen-bond donors (Lipinski definition) is 2. The van der Waals surface area contributed by atoms with Crippen molar-refractivity contribution in [2.24, 2.45) is 5.92 Å². The molecule has 1 atom stereocenters. The molecular formula is C14H17FN2O4. The first-order valence-corrected chi connectivity index (χ1v) is 6.91. The van der Waals surface area contributed by atoms with Crippen molar-refractivity contribution in [3.05, 3.63) is 34.1 Å². The van der Waals surface area contributed by atoms with Crippen molar-refractivity contribution >= 4 is 17.3 Å². The van der Waals surface area contributed by atoms with Crippen LogP contribution >= 0.6 is 0 Å². The molecule has 1 aliphatic rings. The average Bonchev–Trinajstić information content (AvgIpc) is 2.44. The van der Waals surface area contributed by atoms with E-state index in [-0.39, 0.29) is 11.6 Å². The molecule has 1 aromatic rings. The molecule has 2 rings (SSSR count). The lowest BCUT2D eigenvalue weighted by Gasteiger charge is -2.28. The molecule has 7 heteroatoms. The lowest BCUT2D eigenvalue weighted by atomic mass is 9.84. The second kappa shape index (κ2) is 6.51. The highest BCUT2D eigenvalue weighted by molar-refractivity contribution is 5.78. The molecule has 0 amide bonds. The van der Waals surface area contributed by atoms with Crippen molar-refractivity contribution in [2.45, 2.75) is 38.1 Å². The van der Waals surface area contributed by atoms with Gasteiger partial charge in [-0.3, -0.25) is 10.1 Å². The number of aliphatic carboxylic acids is 1. The number of benzene rings is 1. The molecule has 1 fully saturated rings. The standard InChI is InChI=1S/C14H17FN2O4/c15-10-6-11(8-12(7-10)17(20)21)16-13(14(18)19)9-4-2-1-3-5-9/h6-9,13,16H,1-5H2,(H,18,19). The fourth-order valence-corrected chi connectivity index (χ4v) is 2.79. The Kier molecular flexibility index (Phi) is 4.72. The third-order valence-corrected chi connectivity index (χ3v) is 3.80. The smallest absolute Gasteiger partial charge is 0.326 e. The number of halogens is 1. The highest BCUT2D eigenvalue weighted by Gasteiger charge is 2.29. The van der Waals surface area contributed by atoms with Gasteiger partial charge in [0.15, 0.2) is 0 Å². The summed E-state index contributed by atoms with van der Waals surface area (Å²) >= 11 is 0. The van der Waals surface area contributed by atoms with Gasteiger partial charge < -0.3 is 10.4 Å². The number of nitrogens with one attached hydrogen (secondary N) is 1. The second-order valence-electron chi connectivity index (χ2n) is 5.31. The summed E-state index contributed by atoms with van der Waals surface area (Å²) in [5.41, 5.74) is -0.273. The average molecular weight is 296 g/mol. The lowest BCUT2D eigenvalue weighted by Crippen LogP contribution is -2.38. The SMILES string of the molecule is O=C(O)C(Nc1cc(F)cc([N+](=O)[O-])c1)C1CCCCC1. The molecule has 0 spiro atoms. The number of carboxylic acid groups (broad SMARTS) is 1. The van der Waals surface area contributed by atoms with Crippen LogP contribution in [0.3, 0.4) is 0 Å². The number of nitro benzene ring substituents is 1. The van der Waals surface area contributed by atoms with E-state index in [1.54, 1.807) is 0 Å². The van der Waals surface area contributed by atoms with E-state index in [0.717, 1.165) is 50.3 Å². The van der Waals surface area contributed by atoms with Crippen LogP contribution in [0.2, 0.25) is 0 Å². The topological polar surface area (TPSA) is 92.5 Å². The Labute approximate surface area is 121 Å². The van der Waals surface area contributed by atoms with Gasteiger partial charge in [0.1, 0.15) is 11.9 Å². The zero-order valence-corrected chi connectivity index (χ0v) is 11.4. The van der Waals surface area contributed by atoms with E-state index in [2.05, 4.69) is 5.32 Å². The van der Waals surface area contributed by atoms with E-state index in [9.17, 15) is 24.4 Å². The van der Waals surface area contributed by atoms with E-state index in [0.29, 0.717) is 0 Å². The van der Waals surface area contributed by atoms with Gasteiger partial charge >= 0.3 is 5.97 Å². The predicted molar refractivity (Wildman–Crippen MR) is 74.7 cm³/mol. The molecule has 0 heterocycles. The van der Waals surface area contributed by atoms with Crippen LogP contribution < -0.4 is 5.32 Å². The van der Waals surface area contributed by atoms with Crippen LogP contribution in [0.5, 0.6) is 0 Å². The Morgan fingerprint density at radius 2 is 2.00 bits per heavy atom. The van der Waals surface area contributed by atoms with E-state index >= 15 is 0 Å². The molecule has 1 saturated carbocycles. The van der Waals surface area contributed by atoms with E-state index in [1.807, 2.05) is 0 Å². The molecule has 0 saturated heterocycles. The van der Waals surface area contributed by atoms with Crippen molar-refractivity contribution in [2.75, 3.05) is 5.32 Å². The molecule has 0 aliphatic heterocycles. The van der Waals surface area contributed by atoms with Gasteiger partial charge in [0.05, 0.1) is 11.0 Å². The number of nitrogens with zero attached hydrogens (tertiary/aromatic N) is 1. The van der Waals surface area contributed by atoms with Crippen LogP contribution in [0.1, 0.15) is 32.1 Å². The predicted octanol–water partition coefficient (Wildman–Crippen LogP) is 3.18. The maximum absolute atomic E-state index is 13.4. The Morgan fingerprint density at radius 3 is 2.57 bits per heavy atom. The van der Waals surface area contributed by atoms with E-state index in [4.69, 9.17) is 0 Å². The van der Waals surface area contributed by atoms with Crippen LogP contribution in [0.4, 0.5) is 15.8 Å². The van der Waals surface area contributed by atoms with Crippen molar-refractivity contribution in [1.82, 2.24) is 0 Å². The molecule has 2 N–H and O–H groups in total. The molecule has 1 unspecified atom stereocenters. The third-order valence-electron chi connectivity index (χ3n) is 3.80. The highest BCUT2D eigenvalue weighted by Crippen LogP contribution is 2.29. The summed E-state index contributed by atoms with van der Waals surface area (Å²) in [6.07, 6.45) is 4.62. The molecule has 0 aromatic heterocycles. The van der Waals surface area contributed by atoms with Crippen molar-refractivity contribution in [1.29, 1.82) is 0 Å². The van der Waals surface area contributed by atoms with Crippen LogP contribution in [0, 0.1) is 21.8 Å². The van der Waals surface area contributed by atoms with Gasteiger partial charge in [0.2, 0.25) is 0 Å². The van der Waals surface area contributed by atoms with Gasteiger partial charge in [0, 0.05) is 11.8 Å². The zero-order valence-electron chi connectivity index (χ0n) is 11.4. The van der Waals surface area contributed by atoms with Gasteiger partial charge in [-0.15, -0.1) is 0 Å². The minimum absolute atomic E-state index is 0.0430. The summed E-state index contributed by atoms with van der Waals surface area (Å²) in [7, 11) is 0. The Balaban J connectivity index is 2.20. The summed E-state index contributed by atoms with van der Waals surface area (Å²) in [6, 6.07) is 2.18. The molecule has 6 nitrogen and oxygen atoms in total. The van der Waals surface area contributed by atoms with Crippen molar-refractivity contribution in [3.63, 3.8) is 0 Å². The summed E-state index contributed by atoms with van der Waals surface area (Å²) in [6.45, 7) is 0. The Bertz CT molecular complexity index is 544.